The minimum absolute atomic E-state index is 0.160. The Morgan fingerprint density at radius 2 is 1.77 bits per heavy atom. The molecule has 0 saturated heterocycles. The summed E-state index contributed by atoms with van der Waals surface area (Å²) in [7, 11) is 0. The molecule has 0 aliphatic carbocycles. The Kier molecular flexibility index (Phi) is 6.07. The van der Waals surface area contributed by atoms with Crippen molar-refractivity contribution in [3.8, 4) is 22.6 Å². The van der Waals surface area contributed by atoms with Crippen LogP contribution in [0.4, 0.5) is 5.69 Å². The van der Waals surface area contributed by atoms with Crippen LogP contribution in [-0.4, -0.2) is 11.0 Å². The average molecular weight is 434 g/mol. The molecule has 4 rings (SSSR count). The van der Waals surface area contributed by atoms with Gasteiger partial charge in [-0.3, -0.25) is 4.79 Å². The molecular formula is C25H20ClNO4. The van der Waals surface area contributed by atoms with E-state index in [0.717, 1.165) is 16.7 Å². The lowest BCUT2D eigenvalue weighted by atomic mass is 10.1. The maximum atomic E-state index is 12.3. The summed E-state index contributed by atoms with van der Waals surface area (Å²) < 4.78 is 11.3. The molecule has 156 valence electrons. The van der Waals surface area contributed by atoms with Crippen LogP contribution in [0.15, 0.2) is 81.6 Å². The van der Waals surface area contributed by atoms with Crippen LogP contribution in [0.3, 0.4) is 0 Å². The molecule has 0 unspecified atom stereocenters. The Morgan fingerprint density at radius 3 is 2.55 bits per heavy atom. The number of hydrogen-bond donors (Lipinski definition) is 2. The summed E-state index contributed by atoms with van der Waals surface area (Å²) in [6, 6.07) is 20.1. The molecule has 31 heavy (non-hydrogen) atoms. The number of benzene rings is 2. The highest BCUT2D eigenvalue weighted by atomic mass is 35.5. The standard InChI is InChI=1S/C25H20ClNO4/c1-16-5-6-18(14-22(16)26)24-10-7-20(30-24)9-12-25(29)27-19-4-2-3-17(13-19)23-11-8-21(15-28)31-23/h2-14,28H,15H2,1H3,(H,27,29)/b12-9+. The number of rotatable bonds is 6. The van der Waals surface area contributed by atoms with E-state index in [1.54, 1.807) is 36.4 Å². The van der Waals surface area contributed by atoms with Gasteiger partial charge in [-0.25, -0.2) is 0 Å². The normalized spacial score (nSPS) is 11.2. The lowest BCUT2D eigenvalue weighted by Crippen LogP contribution is -2.07. The molecule has 2 aromatic heterocycles. The summed E-state index contributed by atoms with van der Waals surface area (Å²) >= 11 is 6.18. The smallest absolute Gasteiger partial charge is 0.248 e. The summed E-state index contributed by atoms with van der Waals surface area (Å²) in [5.74, 6) is 2.05. The van der Waals surface area contributed by atoms with Crippen LogP contribution in [0.1, 0.15) is 17.1 Å². The van der Waals surface area contributed by atoms with Crippen LogP contribution in [0.2, 0.25) is 5.02 Å². The fourth-order valence-electron chi connectivity index (χ4n) is 3.05. The summed E-state index contributed by atoms with van der Waals surface area (Å²) in [5.41, 5.74) is 3.30. The number of anilines is 1. The van der Waals surface area contributed by atoms with E-state index in [1.807, 2.05) is 43.3 Å². The number of carbonyl (C=O) groups excluding carboxylic acids is 1. The summed E-state index contributed by atoms with van der Waals surface area (Å²) in [6.07, 6.45) is 3.02. The third-order valence-electron chi connectivity index (χ3n) is 4.71. The van der Waals surface area contributed by atoms with Crippen LogP contribution < -0.4 is 5.32 Å². The molecule has 5 nitrogen and oxygen atoms in total. The van der Waals surface area contributed by atoms with Gasteiger partial charge in [-0.15, -0.1) is 0 Å². The number of aliphatic hydroxyl groups is 1. The predicted molar refractivity (Wildman–Crippen MR) is 122 cm³/mol. The second-order valence-electron chi connectivity index (χ2n) is 6.99. The molecule has 0 aliphatic rings. The average Bonchev–Trinajstić information content (AvgIpc) is 3.44. The van der Waals surface area contributed by atoms with Gasteiger partial charge in [0.2, 0.25) is 5.91 Å². The maximum Gasteiger partial charge on any atom is 0.248 e. The van der Waals surface area contributed by atoms with E-state index in [0.29, 0.717) is 33.8 Å². The Labute approximate surface area is 184 Å². The molecule has 0 fully saturated rings. The quantitative estimate of drug-likeness (QED) is 0.349. The first-order chi connectivity index (χ1) is 15.0. The first-order valence-corrected chi connectivity index (χ1v) is 10.0. The molecule has 0 atom stereocenters. The largest absolute Gasteiger partial charge is 0.459 e. The highest BCUT2D eigenvalue weighted by Crippen LogP contribution is 2.28. The van der Waals surface area contributed by atoms with Crippen LogP contribution >= 0.6 is 11.6 Å². The van der Waals surface area contributed by atoms with Crippen molar-refractivity contribution >= 4 is 29.3 Å². The molecule has 2 heterocycles. The zero-order valence-electron chi connectivity index (χ0n) is 16.8. The molecule has 0 saturated carbocycles. The lowest BCUT2D eigenvalue weighted by molar-refractivity contribution is -0.111. The number of aliphatic hydroxyl groups excluding tert-OH is 1. The number of furan rings is 2. The van der Waals surface area contributed by atoms with Crippen LogP contribution in [0.25, 0.3) is 28.7 Å². The van der Waals surface area contributed by atoms with Crippen LogP contribution in [0.5, 0.6) is 0 Å². The topological polar surface area (TPSA) is 75.6 Å². The van der Waals surface area contributed by atoms with Gasteiger partial charge in [0.15, 0.2) is 0 Å². The molecule has 0 radical (unpaired) electrons. The van der Waals surface area contributed by atoms with E-state index >= 15 is 0 Å². The van der Waals surface area contributed by atoms with Crippen molar-refractivity contribution < 1.29 is 18.7 Å². The third kappa shape index (κ3) is 4.97. The molecule has 0 bridgehead atoms. The van der Waals surface area contributed by atoms with E-state index < -0.39 is 0 Å². The predicted octanol–water partition coefficient (Wildman–Crippen LogP) is 6.31. The van der Waals surface area contributed by atoms with E-state index in [1.165, 1.54) is 6.08 Å². The van der Waals surface area contributed by atoms with E-state index in [4.69, 9.17) is 25.5 Å². The Hall–Kier alpha value is -3.54. The van der Waals surface area contributed by atoms with Gasteiger partial charge in [0.25, 0.3) is 0 Å². The molecule has 4 aromatic rings. The minimum Gasteiger partial charge on any atom is -0.459 e. The van der Waals surface area contributed by atoms with Crippen molar-refractivity contribution in [3.05, 3.63) is 94.9 Å². The number of aryl methyl sites for hydroxylation is 1. The second-order valence-corrected chi connectivity index (χ2v) is 7.40. The molecular weight excluding hydrogens is 414 g/mol. The number of carbonyl (C=O) groups is 1. The van der Waals surface area contributed by atoms with Crippen molar-refractivity contribution in [1.82, 2.24) is 0 Å². The highest BCUT2D eigenvalue weighted by Gasteiger charge is 2.08. The molecule has 2 N–H and O–H groups in total. The SMILES string of the molecule is Cc1ccc(-c2ccc(/C=C/C(=O)Nc3cccc(-c4ccc(CO)o4)c3)o2)cc1Cl. The first-order valence-electron chi connectivity index (χ1n) is 9.67. The van der Waals surface area contributed by atoms with Crippen LogP contribution in [0, 0.1) is 6.92 Å². The number of amides is 1. The maximum absolute atomic E-state index is 12.3. The molecule has 0 spiro atoms. The highest BCUT2D eigenvalue weighted by molar-refractivity contribution is 6.31. The van der Waals surface area contributed by atoms with Gasteiger partial charge >= 0.3 is 0 Å². The number of nitrogens with one attached hydrogen (secondary N) is 1. The number of hydrogen-bond acceptors (Lipinski definition) is 4. The van der Waals surface area contributed by atoms with Gasteiger partial charge in [-0.1, -0.05) is 35.9 Å². The third-order valence-corrected chi connectivity index (χ3v) is 5.12. The van der Waals surface area contributed by atoms with Crippen molar-refractivity contribution in [1.29, 1.82) is 0 Å². The van der Waals surface area contributed by atoms with Crippen molar-refractivity contribution in [2.24, 2.45) is 0 Å². The summed E-state index contributed by atoms with van der Waals surface area (Å²) in [4.78, 5) is 12.3. The van der Waals surface area contributed by atoms with Gasteiger partial charge < -0.3 is 19.3 Å². The van der Waals surface area contributed by atoms with Gasteiger partial charge in [-0.2, -0.15) is 0 Å². The lowest BCUT2D eigenvalue weighted by Gasteiger charge is -2.04. The fraction of sp³-hybridized carbons (Fsp3) is 0.0800. The van der Waals surface area contributed by atoms with E-state index in [9.17, 15) is 4.79 Å². The molecule has 0 aliphatic heterocycles. The molecule has 6 heteroatoms. The monoisotopic (exact) mass is 433 g/mol. The van der Waals surface area contributed by atoms with Crippen molar-refractivity contribution in [2.75, 3.05) is 5.32 Å². The van der Waals surface area contributed by atoms with Crippen molar-refractivity contribution in [2.45, 2.75) is 13.5 Å². The zero-order valence-corrected chi connectivity index (χ0v) is 17.5. The second kappa shape index (κ2) is 9.08. The Morgan fingerprint density at radius 1 is 1.00 bits per heavy atom. The van der Waals surface area contributed by atoms with Gasteiger partial charge in [-0.05, 0) is 61.0 Å². The van der Waals surface area contributed by atoms with Crippen LogP contribution in [-0.2, 0) is 11.4 Å². The Bertz CT molecular complexity index is 1250. The molecule has 1 amide bonds. The van der Waals surface area contributed by atoms with E-state index in [2.05, 4.69) is 5.32 Å². The van der Waals surface area contributed by atoms with E-state index in [-0.39, 0.29) is 12.5 Å². The summed E-state index contributed by atoms with van der Waals surface area (Å²) in [6.45, 7) is 1.78. The van der Waals surface area contributed by atoms with Gasteiger partial charge in [0.1, 0.15) is 29.6 Å². The number of halogens is 1. The Balaban J connectivity index is 1.43. The fourth-order valence-corrected chi connectivity index (χ4v) is 3.23. The van der Waals surface area contributed by atoms with Gasteiger partial charge in [0.05, 0.1) is 0 Å². The summed E-state index contributed by atoms with van der Waals surface area (Å²) in [5, 5.41) is 12.6. The van der Waals surface area contributed by atoms with Crippen molar-refractivity contribution in [3.63, 3.8) is 0 Å². The first kappa shape index (κ1) is 20.7. The zero-order chi connectivity index (χ0) is 21.8. The van der Waals surface area contributed by atoms with Gasteiger partial charge in [0, 0.05) is 27.9 Å². The molecule has 2 aromatic carbocycles. The minimum atomic E-state index is -0.288.